The molecule has 0 radical (unpaired) electrons. The van der Waals surface area contributed by atoms with Gasteiger partial charge in [0.05, 0.1) is 28.3 Å². The van der Waals surface area contributed by atoms with Gasteiger partial charge in [0, 0.05) is 10.7 Å². The van der Waals surface area contributed by atoms with Gasteiger partial charge >= 0.3 is 5.97 Å². The molecule has 0 aliphatic rings. The molecule has 0 spiro atoms. The molecule has 0 atom stereocenters. The lowest BCUT2D eigenvalue weighted by Crippen LogP contribution is -2.13. The minimum Gasteiger partial charge on any atom is -0.465 e. The Morgan fingerprint density at radius 3 is 2.32 bits per heavy atom. The Morgan fingerprint density at radius 2 is 1.68 bits per heavy atom. The van der Waals surface area contributed by atoms with E-state index >= 15 is 0 Å². The fourth-order valence-corrected chi connectivity index (χ4v) is 2.43. The van der Waals surface area contributed by atoms with E-state index < -0.39 is 11.9 Å². The average Bonchev–Trinajstić information content (AvgIpc) is 2.48. The quantitative estimate of drug-likeness (QED) is 0.810. The van der Waals surface area contributed by atoms with Gasteiger partial charge in [-0.3, -0.25) is 4.79 Å². The number of esters is 1. The monoisotopic (exact) mass is 357 g/mol. The van der Waals surface area contributed by atoms with Crippen LogP contribution in [0.25, 0.3) is 0 Å². The van der Waals surface area contributed by atoms with Gasteiger partial charge in [-0.25, -0.2) is 4.79 Å². The molecule has 1 amide bonds. The molecule has 1 N–H and O–H groups in total. The van der Waals surface area contributed by atoms with Crippen molar-refractivity contribution in [3.63, 3.8) is 0 Å². The number of carbonyl (C=O) groups is 2. The van der Waals surface area contributed by atoms with Crippen LogP contribution in [-0.2, 0) is 4.74 Å². The minimum absolute atomic E-state index is 0.157. The molecule has 0 aliphatic heterocycles. The third-order valence-corrected chi connectivity index (χ3v) is 3.68. The standard InChI is InChI=1S/C15H10Cl3NO3/c1-22-15(21)11-7-9(3-5-12(11)17)19-14(20)10-4-2-8(16)6-13(10)18/h2-7H,1H3,(H,19,20). The lowest BCUT2D eigenvalue weighted by atomic mass is 10.1. The maximum Gasteiger partial charge on any atom is 0.339 e. The van der Waals surface area contributed by atoms with Gasteiger partial charge in [-0.15, -0.1) is 0 Å². The van der Waals surface area contributed by atoms with E-state index in [0.717, 1.165) is 0 Å². The van der Waals surface area contributed by atoms with E-state index in [0.29, 0.717) is 10.7 Å². The summed E-state index contributed by atoms with van der Waals surface area (Å²) in [6, 6.07) is 9.03. The van der Waals surface area contributed by atoms with Gasteiger partial charge < -0.3 is 10.1 Å². The van der Waals surface area contributed by atoms with Crippen molar-refractivity contribution < 1.29 is 14.3 Å². The number of benzene rings is 2. The van der Waals surface area contributed by atoms with E-state index in [1.165, 1.54) is 31.4 Å². The van der Waals surface area contributed by atoms with Gasteiger partial charge in [0.1, 0.15) is 0 Å². The highest BCUT2D eigenvalue weighted by molar-refractivity contribution is 6.37. The fourth-order valence-electron chi connectivity index (χ4n) is 1.74. The molecule has 4 nitrogen and oxygen atoms in total. The van der Waals surface area contributed by atoms with Crippen molar-refractivity contribution in [1.29, 1.82) is 0 Å². The van der Waals surface area contributed by atoms with Crippen LogP contribution in [-0.4, -0.2) is 19.0 Å². The normalized spacial score (nSPS) is 10.2. The number of hydrogen-bond acceptors (Lipinski definition) is 3. The lowest BCUT2D eigenvalue weighted by Gasteiger charge is -2.09. The minimum atomic E-state index is -0.592. The second-order valence-corrected chi connectivity index (χ2v) is 5.52. The number of rotatable bonds is 3. The number of carbonyl (C=O) groups excluding carboxylic acids is 2. The van der Waals surface area contributed by atoms with Gasteiger partial charge in [-0.2, -0.15) is 0 Å². The molecule has 0 aliphatic carbocycles. The van der Waals surface area contributed by atoms with Crippen LogP contribution in [0.3, 0.4) is 0 Å². The van der Waals surface area contributed by atoms with Crippen molar-refractivity contribution in [3.8, 4) is 0 Å². The summed E-state index contributed by atoms with van der Waals surface area (Å²) in [6.45, 7) is 0. The molecule has 0 unspecified atom stereocenters. The average molecular weight is 359 g/mol. The van der Waals surface area contributed by atoms with E-state index in [1.54, 1.807) is 12.1 Å². The third-order valence-electron chi connectivity index (χ3n) is 2.81. The summed E-state index contributed by atoms with van der Waals surface area (Å²) in [5.74, 6) is -1.02. The van der Waals surface area contributed by atoms with Gasteiger partial charge in [0.2, 0.25) is 0 Å². The Bertz CT molecular complexity index is 747. The zero-order valence-corrected chi connectivity index (χ0v) is 13.6. The number of amides is 1. The lowest BCUT2D eigenvalue weighted by molar-refractivity contribution is 0.0600. The van der Waals surface area contributed by atoms with E-state index in [2.05, 4.69) is 10.1 Å². The molecule has 7 heteroatoms. The maximum absolute atomic E-state index is 12.2. The Labute approximate surface area is 141 Å². The van der Waals surface area contributed by atoms with Crippen molar-refractivity contribution in [1.82, 2.24) is 0 Å². The molecule has 0 saturated carbocycles. The second-order valence-electron chi connectivity index (χ2n) is 4.26. The molecule has 0 bridgehead atoms. The molecule has 0 heterocycles. The van der Waals surface area contributed by atoms with Gasteiger partial charge in [0.15, 0.2) is 0 Å². The van der Waals surface area contributed by atoms with E-state index in [4.69, 9.17) is 34.8 Å². The van der Waals surface area contributed by atoms with Crippen LogP contribution in [0.4, 0.5) is 5.69 Å². The number of anilines is 1. The fraction of sp³-hybridized carbons (Fsp3) is 0.0667. The number of nitrogens with one attached hydrogen (secondary N) is 1. The summed E-state index contributed by atoms with van der Waals surface area (Å²) in [4.78, 5) is 23.8. The molecule has 2 aromatic rings. The first-order chi connectivity index (χ1) is 10.4. The third kappa shape index (κ3) is 3.71. The molecule has 0 aromatic heterocycles. The van der Waals surface area contributed by atoms with Gasteiger partial charge in [-0.1, -0.05) is 34.8 Å². The number of halogens is 3. The van der Waals surface area contributed by atoms with Crippen molar-refractivity contribution in [3.05, 3.63) is 62.6 Å². The predicted octanol–water partition coefficient (Wildman–Crippen LogP) is 4.69. The number of methoxy groups -OCH3 is 1. The second kappa shape index (κ2) is 7.01. The zero-order valence-electron chi connectivity index (χ0n) is 11.3. The first-order valence-corrected chi connectivity index (χ1v) is 7.20. The van der Waals surface area contributed by atoms with Crippen molar-refractivity contribution >= 4 is 52.4 Å². The first-order valence-electron chi connectivity index (χ1n) is 6.06. The molecular formula is C15H10Cl3NO3. The summed E-state index contributed by atoms with van der Waals surface area (Å²) in [6.07, 6.45) is 0. The van der Waals surface area contributed by atoms with Crippen LogP contribution in [0.2, 0.25) is 15.1 Å². The number of ether oxygens (including phenoxy) is 1. The molecular weight excluding hydrogens is 349 g/mol. The predicted molar refractivity (Wildman–Crippen MR) is 87.2 cm³/mol. The molecule has 2 aromatic carbocycles. The van der Waals surface area contributed by atoms with E-state index in [1.807, 2.05) is 0 Å². The highest BCUT2D eigenvalue weighted by atomic mass is 35.5. The number of hydrogen-bond donors (Lipinski definition) is 1. The van der Waals surface area contributed by atoms with Crippen LogP contribution in [0, 0.1) is 0 Å². The van der Waals surface area contributed by atoms with Crippen molar-refractivity contribution in [2.45, 2.75) is 0 Å². The smallest absolute Gasteiger partial charge is 0.339 e. The van der Waals surface area contributed by atoms with Crippen LogP contribution < -0.4 is 5.32 Å². The van der Waals surface area contributed by atoms with Crippen LogP contribution in [0.5, 0.6) is 0 Å². The molecule has 0 fully saturated rings. The van der Waals surface area contributed by atoms with Crippen molar-refractivity contribution in [2.75, 3.05) is 12.4 Å². The Morgan fingerprint density at radius 1 is 0.955 bits per heavy atom. The zero-order chi connectivity index (χ0) is 16.3. The summed E-state index contributed by atoms with van der Waals surface area (Å²) in [5, 5.41) is 3.52. The van der Waals surface area contributed by atoms with Crippen LogP contribution >= 0.6 is 34.8 Å². The SMILES string of the molecule is COC(=O)c1cc(NC(=O)c2ccc(Cl)cc2Cl)ccc1Cl. The Balaban J connectivity index is 2.27. The molecule has 0 saturated heterocycles. The summed E-state index contributed by atoms with van der Waals surface area (Å²) < 4.78 is 4.62. The van der Waals surface area contributed by atoms with Gasteiger partial charge in [0.25, 0.3) is 5.91 Å². The van der Waals surface area contributed by atoms with Crippen LogP contribution in [0.1, 0.15) is 20.7 Å². The highest BCUT2D eigenvalue weighted by Crippen LogP contribution is 2.24. The maximum atomic E-state index is 12.2. The summed E-state index contributed by atoms with van der Waals surface area (Å²) in [7, 11) is 1.25. The topological polar surface area (TPSA) is 55.4 Å². The van der Waals surface area contributed by atoms with E-state index in [-0.39, 0.29) is 21.2 Å². The summed E-state index contributed by atoms with van der Waals surface area (Å²) in [5.41, 5.74) is 0.811. The Kier molecular flexibility index (Phi) is 5.29. The van der Waals surface area contributed by atoms with Crippen LogP contribution in [0.15, 0.2) is 36.4 Å². The first kappa shape index (κ1) is 16.6. The van der Waals surface area contributed by atoms with E-state index in [9.17, 15) is 9.59 Å². The Hall–Kier alpha value is -1.75. The molecule has 114 valence electrons. The summed E-state index contributed by atoms with van der Waals surface area (Å²) >= 11 is 17.7. The van der Waals surface area contributed by atoms with Crippen molar-refractivity contribution in [2.24, 2.45) is 0 Å². The largest absolute Gasteiger partial charge is 0.465 e. The molecule has 22 heavy (non-hydrogen) atoms. The van der Waals surface area contributed by atoms with Gasteiger partial charge in [-0.05, 0) is 36.4 Å². The highest BCUT2D eigenvalue weighted by Gasteiger charge is 2.14. The molecule has 2 rings (SSSR count).